The number of H-pyrrole nitrogens is 1. The molecule has 0 aliphatic heterocycles. The van der Waals surface area contributed by atoms with Crippen LogP contribution in [-0.2, 0) is 6.61 Å². The first-order valence-electron chi connectivity index (χ1n) is 11.0. The third-order valence-electron chi connectivity index (χ3n) is 5.56. The molecule has 1 aromatic heterocycles. The van der Waals surface area contributed by atoms with Crippen molar-refractivity contribution in [1.82, 2.24) is 10.2 Å². The first-order chi connectivity index (χ1) is 16.7. The number of hydrogen-bond acceptors (Lipinski definition) is 4. The fraction of sp³-hybridized carbons (Fsp3) is 0.0690. The number of aromatic amines is 1. The summed E-state index contributed by atoms with van der Waals surface area (Å²) in [6, 6.07) is 31.4. The lowest BCUT2D eigenvalue weighted by atomic mass is 10.1. The summed E-state index contributed by atoms with van der Waals surface area (Å²) in [5, 5.41) is 17.7. The molecule has 0 radical (unpaired) electrons. The largest absolute Gasteiger partial charge is 0.507 e. The first kappa shape index (κ1) is 21.3. The Labute approximate surface area is 198 Å². The Bertz CT molecular complexity index is 1380. The first-order valence-corrected chi connectivity index (χ1v) is 11.0. The van der Waals surface area contributed by atoms with E-state index in [1.165, 1.54) is 5.56 Å². The molecule has 0 unspecified atom stereocenters. The quantitative estimate of drug-likeness (QED) is 0.278. The average molecular weight is 449 g/mol. The summed E-state index contributed by atoms with van der Waals surface area (Å²) < 4.78 is 11.9. The Hall–Kier alpha value is -4.51. The molecule has 0 atom stereocenters. The standard InChI is InChI=1S/C29H24N2O3/c1-20-7-9-21(10-8-20)19-33-25-15-16-26(27(32)17-25)29-28(18-30-31-29)34-24-13-11-23(12-14-24)22-5-3-2-4-6-22/h2-18,32H,19H2,1H3,(H,30,31). The monoisotopic (exact) mass is 448 g/mol. The van der Waals surface area contributed by atoms with Crippen molar-refractivity contribution in [3.63, 3.8) is 0 Å². The molecule has 5 aromatic rings. The van der Waals surface area contributed by atoms with Crippen LogP contribution in [0.15, 0.2) is 103 Å². The highest BCUT2D eigenvalue weighted by molar-refractivity contribution is 5.73. The number of hydrogen-bond donors (Lipinski definition) is 2. The van der Waals surface area contributed by atoms with E-state index < -0.39 is 0 Å². The van der Waals surface area contributed by atoms with E-state index in [1.807, 2.05) is 72.8 Å². The number of ether oxygens (including phenoxy) is 2. The van der Waals surface area contributed by atoms with E-state index in [4.69, 9.17) is 9.47 Å². The molecule has 5 heteroatoms. The molecule has 168 valence electrons. The van der Waals surface area contributed by atoms with Crippen LogP contribution in [0, 0.1) is 6.92 Å². The number of phenolic OH excluding ortho intramolecular Hbond substituents is 1. The smallest absolute Gasteiger partial charge is 0.173 e. The summed E-state index contributed by atoms with van der Waals surface area (Å²) in [7, 11) is 0. The molecule has 0 aliphatic carbocycles. The number of nitrogens with one attached hydrogen (secondary N) is 1. The number of aromatic hydroxyl groups is 1. The van der Waals surface area contributed by atoms with Gasteiger partial charge in [0, 0.05) is 11.6 Å². The van der Waals surface area contributed by atoms with Crippen LogP contribution in [0.3, 0.4) is 0 Å². The number of rotatable bonds is 7. The second-order valence-corrected chi connectivity index (χ2v) is 8.05. The van der Waals surface area contributed by atoms with Crippen LogP contribution in [0.1, 0.15) is 11.1 Å². The number of aromatic nitrogens is 2. The van der Waals surface area contributed by atoms with E-state index in [9.17, 15) is 5.11 Å². The van der Waals surface area contributed by atoms with Crippen LogP contribution >= 0.6 is 0 Å². The van der Waals surface area contributed by atoms with Gasteiger partial charge in [-0.3, -0.25) is 5.10 Å². The fourth-order valence-corrected chi connectivity index (χ4v) is 3.68. The lowest BCUT2D eigenvalue weighted by Gasteiger charge is -2.11. The van der Waals surface area contributed by atoms with E-state index in [1.54, 1.807) is 18.3 Å². The van der Waals surface area contributed by atoms with Gasteiger partial charge < -0.3 is 14.6 Å². The summed E-state index contributed by atoms with van der Waals surface area (Å²) in [5.41, 5.74) is 5.70. The van der Waals surface area contributed by atoms with Crippen LogP contribution in [0.2, 0.25) is 0 Å². The normalized spacial score (nSPS) is 10.7. The van der Waals surface area contributed by atoms with Gasteiger partial charge in [-0.1, -0.05) is 72.3 Å². The minimum atomic E-state index is 0.0786. The molecule has 0 aliphatic rings. The molecule has 0 amide bonds. The maximum atomic E-state index is 10.7. The van der Waals surface area contributed by atoms with E-state index in [0.717, 1.165) is 16.7 Å². The molecule has 5 nitrogen and oxygen atoms in total. The van der Waals surface area contributed by atoms with Crippen molar-refractivity contribution in [3.05, 3.63) is 114 Å². The van der Waals surface area contributed by atoms with Gasteiger partial charge in [0.25, 0.3) is 0 Å². The van der Waals surface area contributed by atoms with Crippen molar-refractivity contribution >= 4 is 0 Å². The van der Waals surface area contributed by atoms with Gasteiger partial charge in [0.05, 0.1) is 6.20 Å². The lowest BCUT2D eigenvalue weighted by molar-refractivity contribution is 0.304. The summed E-state index contributed by atoms with van der Waals surface area (Å²) in [5.74, 6) is 1.87. The van der Waals surface area contributed by atoms with Gasteiger partial charge in [-0.2, -0.15) is 5.10 Å². The highest BCUT2D eigenvalue weighted by atomic mass is 16.5. The minimum absolute atomic E-state index is 0.0786. The molecule has 5 rings (SSSR count). The van der Waals surface area contributed by atoms with Gasteiger partial charge in [-0.15, -0.1) is 0 Å². The second kappa shape index (κ2) is 9.55. The Morgan fingerprint density at radius 1 is 0.794 bits per heavy atom. The highest BCUT2D eigenvalue weighted by Gasteiger charge is 2.15. The molecule has 34 heavy (non-hydrogen) atoms. The van der Waals surface area contributed by atoms with E-state index >= 15 is 0 Å². The van der Waals surface area contributed by atoms with Crippen LogP contribution in [0.5, 0.6) is 23.0 Å². The Morgan fingerprint density at radius 3 is 2.24 bits per heavy atom. The molecule has 0 saturated heterocycles. The predicted molar refractivity (Wildman–Crippen MR) is 133 cm³/mol. The molecule has 0 fully saturated rings. The van der Waals surface area contributed by atoms with Crippen LogP contribution in [0.4, 0.5) is 0 Å². The van der Waals surface area contributed by atoms with Crippen LogP contribution < -0.4 is 9.47 Å². The summed E-state index contributed by atoms with van der Waals surface area (Å²) >= 11 is 0. The average Bonchev–Trinajstić information content (AvgIpc) is 3.32. The summed E-state index contributed by atoms with van der Waals surface area (Å²) in [6.45, 7) is 2.48. The van der Waals surface area contributed by atoms with Crippen molar-refractivity contribution in [2.45, 2.75) is 13.5 Å². The predicted octanol–water partition coefficient (Wildman–Crippen LogP) is 7.13. The number of benzene rings is 4. The topological polar surface area (TPSA) is 67.4 Å². The summed E-state index contributed by atoms with van der Waals surface area (Å²) in [4.78, 5) is 0. The zero-order valence-corrected chi connectivity index (χ0v) is 18.7. The maximum absolute atomic E-state index is 10.7. The van der Waals surface area contributed by atoms with E-state index in [-0.39, 0.29) is 5.75 Å². The zero-order chi connectivity index (χ0) is 23.3. The Balaban J connectivity index is 1.30. The third kappa shape index (κ3) is 4.79. The number of aryl methyl sites for hydroxylation is 1. The van der Waals surface area contributed by atoms with Gasteiger partial charge in [-0.05, 0) is 47.9 Å². The third-order valence-corrected chi connectivity index (χ3v) is 5.56. The molecule has 4 aromatic carbocycles. The molecule has 0 saturated carbocycles. The van der Waals surface area contributed by atoms with Crippen LogP contribution in [-0.4, -0.2) is 15.3 Å². The van der Waals surface area contributed by atoms with Crippen molar-refractivity contribution in [3.8, 4) is 45.4 Å². The highest BCUT2D eigenvalue weighted by Crippen LogP contribution is 2.38. The van der Waals surface area contributed by atoms with Crippen molar-refractivity contribution in [2.75, 3.05) is 0 Å². The minimum Gasteiger partial charge on any atom is -0.507 e. The van der Waals surface area contributed by atoms with Crippen molar-refractivity contribution < 1.29 is 14.6 Å². The second-order valence-electron chi connectivity index (χ2n) is 8.05. The lowest BCUT2D eigenvalue weighted by Crippen LogP contribution is -1.95. The van der Waals surface area contributed by atoms with Gasteiger partial charge in [-0.25, -0.2) is 0 Å². The van der Waals surface area contributed by atoms with E-state index in [2.05, 4.69) is 29.3 Å². The molecular weight excluding hydrogens is 424 g/mol. The fourth-order valence-electron chi connectivity index (χ4n) is 3.68. The van der Waals surface area contributed by atoms with Crippen LogP contribution in [0.25, 0.3) is 22.4 Å². The zero-order valence-electron chi connectivity index (χ0n) is 18.7. The Kier molecular flexibility index (Phi) is 5.99. The van der Waals surface area contributed by atoms with Crippen molar-refractivity contribution in [2.24, 2.45) is 0 Å². The molecule has 2 N–H and O–H groups in total. The van der Waals surface area contributed by atoms with Gasteiger partial charge in [0.2, 0.25) is 0 Å². The van der Waals surface area contributed by atoms with Gasteiger partial charge in [0.15, 0.2) is 5.75 Å². The molecule has 0 bridgehead atoms. The number of phenols is 1. The van der Waals surface area contributed by atoms with Gasteiger partial charge in [0.1, 0.15) is 29.5 Å². The Morgan fingerprint density at radius 2 is 1.50 bits per heavy atom. The molecular formula is C29H24N2O3. The maximum Gasteiger partial charge on any atom is 0.173 e. The van der Waals surface area contributed by atoms with Gasteiger partial charge >= 0.3 is 0 Å². The summed E-state index contributed by atoms with van der Waals surface area (Å²) in [6.07, 6.45) is 1.60. The van der Waals surface area contributed by atoms with Crippen molar-refractivity contribution in [1.29, 1.82) is 0 Å². The SMILES string of the molecule is Cc1ccc(COc2ccc(-c3[nH]ncc3Oc3ccc(-c4ccccc4)cc3)c(O)c2)cc1. The van der Waals surface area contributed by atoms with E-state index in [0.29, 0.717) is 35.1 Å². The molecule has 0 spiro atoms. The molecule has 1 heterocycles. The number of nitrogens with zero attached hydrogens (tertiary/aromatic N) is 1.